The summed E-state index contributed by atoms with van der Waals surface area (Å²) in [6, 6.07) is 10.5. The van der Waals surface area contributed by atoms with Gasteiger partial charge in [-0.05, 0) is 24.1 Å². The van der Waals surface area contributed by atoms with Crippen molar-refractivity contribution in [2.75, 3.05) is 0 Å². The minimum Gasteiger partial charge on any atom is -0.478 e. The number of benzene rings is 1. The molecule has 0 aliphatic rings. The predicted molar refractivity (Wildman–Crippen MR) is 114 cm³/mol. The quantitative estimate of drug-likeness (QED) is 0.395. The first-order valence-electron chi connectivity index (χ1n) is 10.3. The molecule has 0 fully saturated rings. The Balaban J connectivity index is 1.83. The minimum absolute atomic E-state index is 0.0655. The van der Waals surface area contributed by atoms with Gasteiger partial charge in [0.25, 0.3) is 0 Å². The molecule has 156 valence electrons. The molecule has 2 heterocycles. The smallest absolute Gasteiger partial charge is 0.336 e. The molecular formula is C23H26N4O3. The number of carbonyl (C=O) groups excluding carboxylic acids is 1. The molecule has 7 nitrogen and oxygen atoms in total. The van der Waals surface area contributed by atoms with E-state index >= 15 is 0 Å². The lowest BCUT2D eigenvalue weighted by molar-refractivity contribution is 0.0697. The molecule has 30 heavy (non-hydrogen) atoms. The SMILES string of the molecule is CCCCCc1nc(C(=O)CC)nn1Cc1ccc(-c2ccccc2C(=O)O)nc1. The van der Waals surface area contributed by atoms with Crippen molar-refractivity contribution in [1.82, 2.24) is 19.7 Å². The Bertz CT molecular complexity index is 1030. The number of rotatable bonds is 10. The van der Waals surface area contributed by atoms with Gasteiger partial charge in [-0.15, -0.1) is 5.10 Å². The van der Waals surface area contributed by atoms with Gasteiger partial charge in [-0.2, -0.15) is 0 Å². The van der Waals surface area contributed by atoms with Crippen LogP contribution < -0.4 is 0 Å². The van der Waals surface area contributed by atoms with Gasteiger partial charge in [0.15, 0.2) is 0 Å². The van der Waals surface area contributed by atoms with Crippen LogP contribution in [0, 0.1) is 0 Å². The Labute approximate surface area is 175 Å². The van der Waals surface area contributed by atoms with E-state index in [1.807, 2.05) is 12.1 Å². The molecule has 3 aromatic rings. The van der Waals surface area contributed by atoms with Crippen LogP contribution in [0.25, 0.3) is 11.3 Å². The van der Waals surface area contributed by atoms with Crippen molar-refractivity contribution in [2.45, 2.75) is 52.5 Å². The fourth-order valence-corrected chi connectivity index (χ4v) is 3.24. The summed E-state index contributed by atoms with van der Waals surface area (Å²) in [6.07, 6.45) is 6.07. The van der Waals surface area contributed by atoms with Crippen molar-refractivity contribution in [3.63, 3.8) is 0 Å². The lowest BCUT2D eigenvalue weighted by atomic mass is 10.0. The van der Waals surface area contributed by atoms with E-state index in [1.54, 1.807) is 42.1 Å². The molecule has 0 saturated carbocycles. The van der Waals surface area contributed by atoms with Crippen LogP contribution in [-0.4, -0.2) is 36.6 Å². The third-order valence-corrected chi connectivity index (χ3v) is 4.91. The second-order valence-electron chi connectivity index (χ2n) is 7.15. The molecule has 0 bridgehead atoms. The molecule has 0 unspecified atom stereocenters. The van der Waals surface area contributed by atoms with E-state index in [0.717, 1.165) is 37.1 Å². The van der Waals surface area contributed by atoms with E-state index < -0.39 is 5.97 Å². The lowest BCUT2D eigenvalue weighted by Crippen LogP contribution is -2.08. The summed E-state index contributed by atoms with van der Waals surface area (Å²) in [6.45, 7) is 4.41. The number of Topliss-reactive ketones (excluding diaryl/α,β-unsaturated/α-hetero) is 1. The summed E-state index contributed by atoms with van der Waals surface area (Å²) < 4.78 is 1.78. The van der Waals surface area contributed by atoms with E-state index in [4.69, 9.17) is 0 Å². The minimum atomic E-state index is -0.982. The van der Waals surface area contributed by atoms with Gasteiger partial charge in [-0.3, -0.25) is 9.78 Å². The normalized spacial score (nSPS) is 10.9. The van der Waals surface area contributed by atoms with Crippen LogP contribution in [0.5, 0.6) is 0 Å². The molecule has 1 N–H and O–H groups in total. The number of aromatic nitrogens is 4. The molecule has 0 saturated heterocycles. The summed E-state index contributed by atoms with van der Waals surface area (Å²) in [4.78, 5) is 32.4. The molecule has 0 radical (unpaired) electrons. The van der Waals surface area contributed by atoms with Crippen LogP contribution in [0.4, 0.5) is 0 Å². The summed E-state index contributed by atoms with van der Waals surface area (Å²) in [5, 5.41) is 13.8. The standard InChI is InChI=1S/C23H26N4O3/c1-3-5-6-11-21-25-22(20(28)4-2)26-27(21)15-16-12-13-19(24-14-16)17-9-7-8-10-18(17)23(29)30/h7-10,12-14H,3-6,11,15H2,1-2H3,(H,29,30). The summed E-state index contributed by atoms with van der Waals surface area (Å²) in [5.74, 6) is 0.0256. The number of ketones is 1. The molecule has 0 atom stereocenters. The van der Waals surface area contributed by atoms with Gasteiger partial charge < -0.3 is 5.11 Å². The number of hydrogen-bond acceptors (Lipinski definition) is 5. The molecule has 0 spiro atoms. The van der Waals surface area contributed by atoms with Crippen LogP contribution in [0.2, 0.25) is 0 Å². The van der Waals surface area contributed by atoms with Crippen molar-refractivity contribution < 1.29 is 14.7 Å². The lowest BCUT2D eigenvalue weighted by Gasteiger charge is -2.08. The molecule has 0 amide bonds. The van der Waals surface area contributed by atoms with E-state index in [-0.39, 0.29) is 17.2 Å². The fourth-order valence-electron chi connectivity index (χ4n) is 3.24. The molecule has 0 aliphatic heterocycles. The number of unbranched alkanes of at least 4 members (excludes halogenated alkanes) is 2. The maximum absolute atomic E-state index is 12.1. The number of carboxylic acid groups (broad SMARTS) is 1. The maximum atomic E-state index is 12.1. The number of aryl methyl sites for hydroxylation is 1. The number of pyridine rings is 1. The van der Waals surface area contributed by atoms with Gasteiger partial charge in [0.05, 0.1) is 17.8 Å². The Morgan fingerprint density at radius 1 is 1.07 bits per heavy atom. The highest BCUT2D eigenvalue weighted by atomic mass is 16.4. The number of hydrogen-bond donors (Lipinski definition) is 1. The van der Waals surface area contributed by atoms with E-state index in [2.05, 4.69) is 22.0 Å². The first-order valence-corrected chi connectivity index (χ1v) is 10.3. The molecule has 3 rings (SSSR count). The summed E-state index contributed by atoms with van der Waals surface area (Å²) in [7, 11) is 0. The fraction of sp³-hybridized carbons (Fsp3) is 0.348. The topological polar surface area (TPSA) is 98.0 Å². The summed E-state index contributed by atoms with van der Waals surface area (Å²) in [5.41, 5.74) is 2.30. The number of aromatic carboxylic acids is 1. The van der Waals surface area contributed by atoms with Crippen LogP contribution in [0.15, 0.2) is 42.6 Å². The maximum Gasteiger partial charge on any atom is 0.336 e. The Hall–Kier alpha value is -3.35. The number of carboxylic acids is 1. The monoisotopic (exact) mass is 406 g/mol. The van der Waals surface area contributed by atoms with Gasteiger partial charge in [0.2, 0.25) is 11.6 Å². The molecular weight excluding hydrogens is 380 g/mol. The van der Waals surface area contributed by atoms with E-state index in [1.165, 1.54) is 0 Å². The first-order chi connectivity index (χ1) is 14.5. The zero-order valence-electron chi connectivity index (χ0n) is 17.3. The Morgan fingerprint density at radius 3 is 2.53 bits per heavy atom. The Kier molecular flexibility index (Phi) is 7.06. The highest BCUT2D eigenvalue weighted by molar-refractivity contribution is 5.95. The van der Waals surface area contributed by atoms with Crippen molar-refractivity contribution in [3.8, 4) is 11.3 Å². The number of nitrogens with zero attached hydrogens (tertiary/aromatic N) is 4. The van der Waals surface area contributed by atoms with Gasteiger partial charge >= 0.3 is 5.97 Å². The zero-order chi connectivity index (χ0) is 21.5. The van der Waals surface area contributed by atoms with E-state index in [0.29, 0.717) is 24.2 Å². The largest absolute Gasteiger partial charge is 0.478 e. The van der Waals surface area contributed by atoms with Gasteiger partial charge in [-0.25, -0.2) is 14.5 Å². The van der Waals surface area contributed by atoms with Crippen LogP contribution in [0.1, 0.15) is 71.9 Å². The van der Waals surface area contributed by atoms with Crippen LogP contribution >= 0.6 is 0 Å². The molecule has 2 aromatic heterocycles. The average Bonchev–Trinajstić information content (AvgIpc) is 3.16. The highest BCUT2D eigenvalue weighted by Crippen LogP contribution is 2.22. The van der Waals surface area contributed by atoms with E-state index in [9.17, 15) is 14.7 Å². The van der Waals surface area contributed by atoms with Crippen molar-refractivity contribution in [2.24, 2.45) is 0 Å². The van der Waals surface area contributed by atoms with Gasteiger partial charge in [0, 0.05) is 24.6 Å². The van der Waals surface area contributed by atoms with Crippen LogP contribution in [0.3, 0.4) is 0 Å². The third kappa shape index (κ3) is 4.97. The molecule has 7 heteroatoms. The first kappa shape index (κ1) is 21.4. The van der Waals surface area contributed by atoms with Crippen LogP contribution in [-0.2, 0) is 13.0 Å². The van der Waals surface area contributed by atoms with Gasteiger partial charge in [0.1, 0.15) is 5.82 Å². The van der Waals surface area contributed by atoms with Crippen molar-refractivity contribution in [1.29, 1.82) is 0 Å². The number of carbonyl (C=O) groups is 2. The Morgan fingerprint density at radius 2 is 1.87 bits per heavy atom. The van der Waals surface area contributed by atoms with Crippen molar-refractivity contribution in [3.05, 3.63) is 65.4 Å². The average molecular weight is 406 g/mol. The predicted octanol–water partition coefficient (Wildman–Crippen LogP) is 4.41. The van der Waals surface area contributed by atoms with Crippen molar-refractivity contribution >= 4 is 11.8 Å². The molecule has 0 aliphatic carbocycles. The third-order valence-electron chi connectivity index (χ3n) is 4.91. The highest BCUT2D eigenvalue weighted by Gasteiger charge is 2.16. The zero-order valence-corrected chi connectivity index (χ0v) is 17.3. The second kappa shape index (κ2) is 9.91. The summed E-state index contributed by atoms with van der Waals surface area (Å²) >= 11 is 0. The molecule has 1 aromatic carbocycles. The second-order valence-corrected chi connectivity index (χ2v) is 7.15. The van der Waals surface area contributed by atoms with Gasteiger partial charge in [-0.1, -0.05) is 51.0 Å².